The standard InChI is InChI=1S/C22H25B7ClF2N3O4/c23-14-11-12(22(28,29)35(18(11)38)9-5-6-10(36)33-17(9)37)15(24)13(16(14)25)21(26,27)34-19(39)20(31,32)7-1-3-8(30)4-2-7/h1-4,9H,5-6,23-29H2,(H,34,39)(H,33,36,37). The third-order valence-corrected chi connectivity index (χ3v) is 8.28. The number of nitrogens with zero attached hydrogens (tertiary/aromatic N) is 1. The summed E-state index contributed by atoms with van der Waals surface area (Å²) >= 11 is 5.82. The van der Waals surface area contributed by atoms with Crippen LogP contribution in [0.2, 0.25) is 5.02 Å². The molecule has 194 valence electrons. The number of nitrogens with one attached hydrogen (secondary N) is 2. The van der Waals surface area contributed by atoms with E-state index in [1.54, 1.807) is 39.2 Å². The Labute approximate surface area is 236 Å². The average molecular weight is 545 g/mol. The summed E-state index contributed by atoms with van der Waals surface area (Å²) in [5.41, 5.74) is 3.25. The summed E-state index contributed by atoms with van der Waals surface area (Å²) in [6, 6.07) is 4.00. The maximum Gasteiger partial charge on any atom is 0.349 e. The highest BCUT2D eigenvalue weighted by atomic mass is 35.5. The van der Waals surface area contributed by atoms with E-state index in [4.69, 9.17) is 11.6 Å². The van der Waals surface area contributed by atoms with Crippen molar-refractivity contribution >= 4 is 107 Å². The van der Waals surface area contributed by atoms with E-state index >= 15 is 8.78 Å². The number of imide groups is 1. The Morgan fingerprint density at radius 1 is 1.05 bits per heavy atom. The second-order valence-electron chi connectivity index (χ2n) is 11.4. The largest absolute Gasteiger partial charge is 0.357 e. The molecule has 2 N–H and O–H groups in total. The number of piperidine rings is 1. The number of hydrogen-bond donors (Lipinski definition) is 2. The molecule has 0 saturated carbocycles. The Morgan fingerprint density at radius 3 is 2.21 bits per heavy atom. The fourth-order valence-corrected chi connectivity index (χ4v) is 6.42. The maximum atomic E-state index is 15.2. The summed E-state index contributed by atoms with van der Waals surface area (Å²) in [7, 11) is 12.3. The number of benzene rings is 2. The monoisotopic (exact) mass is 545 g/mol. The first-order valence-electron chi connectivity index (χ1n) is 12.7. The van der Waals surface area contributed by atoms with Crippen LogP contribution in [0.5, 0.6) is 0 Å². The summed E-state index contributed by atoms with van der Waals surface area (Å²) in [5, 5.41) is 2.93. The van der Waals surface area contributed by atoms with Crippen molar-refractivity contribution in [2.24, 2.45) is 0 Å². The lowest BCUT2D eigenvalue weighted by Gasteiger charge is -2.41. The van der Waals surface area contributed by atoms with Crippen LogP contribution in [0.15, 0.2) is 24.3 Å². The number of rotatable bonds is 5. The van der Waals surface area contributed by atoms with Crippen molar-refractivity contribution in [3.05, 3.63) is 51.5 Å². The predicted molar refractivity (Wildman–Crippen MR) is 164 cm³/mol. The van der Waals surface area contributed by atoms with Gasteiger partial charge in [0.25, 0.3) is 11.8 Å². The predicted octanol–water partition coefficient (Wildman–Crippen LogP) is -6.96. The fraction of sp³-hybridized carbons (Fsp3) is 0.273. The van der Waals surface area contributed by atoms with E-state index in [9.17, 15) is 19.2 Å². The van der Waals surface area contributed by atoms with Gasteiger partial charge in [-0.15, -0.1) is 0 Å². The normalized spacial score (nSPS) is 19.0. The molecule has 2 heterocycles. The van der Waals surface area contributed by atoms with Crippen LogP contribution >= 0.6 is 11.6 Å². The first-order valence-corrected chi connectivity index (χ1v) is 13.1. The second-order valence-corrected chi connectivity index (χ2v) is 11.8. The van der Waals surface area contributed by atoms with Gasteiger partial charge in [0.05, 0.1) is 0 Å². The third-order valence-electron chi connectivity index (χ3n) is 8.02. The van der Waals surface area contributed by atoms with Gasteiger partial charge in [0, 0.05) is 33.2 Å². The van der Waals surface area contributed by atoms with Crippen molar-refractivity contribution in [2.45, 2.75) is 35.5 Å². The van der Waals surface area contributed by atoms with Gasteiger partial charge in [0.1, 0.15) is 61.0 Å². The summed E-state index contributed by atoms with van der Waals surface area (Å²) in [6.45, 7) is 0. The van der Waals surface area contributed by atoms with Gasteiger partial charge in [0.2, 0.25) is 11.8 Å². The van der Waals surface area contributed by atoms with Gasteiger partial charge in [-0.1, -0.05) is 45.7 Å². The van der Waals surface area contributed by atoms with Crippen LogP contribution in [0, 0.1) is 0 Å². The van der Waals surface area contributed by atoms with E-state index in [2.05, 4.69) is 10.6 Å². The van der Waals surface area contributed by atoms with Gasteiger partial charge in [-0.2, -0.15) is 8.78 Å². The zero-order valence-corrected chi connectivity index (χ0v) is 23.8. The molecule has 1 fully saturated rings. The number of carbonyl (C=O) groups is 4. The van der Waals surface area contributed by atoms with E-state index in [1.807, 2.05) is 15.7 Å². The van der Waals surface area contributed by atoms with Gasteiger partial charge in [-0.05, 0) is 24.1 Å². The van der Waals surface area contributed by atoms with Crippen molar-refractivity contribution < 1.29 is 28.0 Å². The highest BCUT2D eigenvalue weighted by Crippen LogP contribution is 2.37. The molecule has 7 nitrogen and oxygen atoms in total. The van der Waals surface area contributed by atoms with Gasteiger partial charge in [0.15, 0.2) is 0 Å². The topological polar surface area (TPSA) is 95.6 Å². The minimum Gasteiger partial charge on any atom is -0.357 e. The molecule has 0 aliphatic carbocycles. The lowest BCUT2D eigenvalue weighted by molar-refractivity contribution is -0.147. The molecule has 0 spiro atoms. The molecule has 2 aliphatic heterocycles. The Kier molecular flexibility index (Phi) is 7.20. The quantitative estimate of drug-likeness (QED) is 0.289. The Hall–Kier alpha value is -2.88. The highest BCUT2D eigenvalue weighted by Gasteiger charge is 2.51. The molecule has 39 heavy (non-hydrogen) atoms. The smallest absolute Gasteiger partial charge is 0.349 e. The zero-order chi connectivity index (χ0) is 29.2. The van der Waals surface area contributed by atoms with E-state index in [-0.39, 0.29) is 29.7 Å². The van der Waals surface area contributed by atoms with Crippen molar-refractivity contribution in [1.29, 1.82) is 0 Å². The molecule has 1 saturated heterocycles. The molecule has 2 aliphatic rings. The van der Waals surface area contributed by atoms with Gasteiger partial charge >= 0.3 is 5.92 Å². The van der Waals surface area contributed by atoms with Crippen molar-refractivity contribution in [2.75, 3.05) is 0 Å². The summed E-state index contributed by atoms with van der Waals surface area (Å²) in [6.07, 6.45) is 0.328. The maximum absolute atomic E-state index is 15.2. The molecular formula is C22H25B7ClF2N3O4. The van der Waals surface area contributed by atoms with Crippen molar-refractivity contribution in [3.8, 4) is 0 Å². The van der Waals surface area contributed by atoms with Crippen molar-refractivity contribution in [1.82, 2.24) is 15.5 Å². The van der Waals surface area contributed by atoms with Crippen LogP contribution in [0.25, 0.3) is 0 Å². The van der Waals surface area contributed by atoms with Crippen LogP contribution < -0.4 is 27.0 Å². The van der Waals surface area contributed by atoms with Gasteiger partial charge < -0.3 is 10.2 Å². The van der Waals surface area contributed by atoms with Gasteiger partial charge in [-0.25, -0.2) is 0 Å². The number of halogens is 3. The molecular weight excluding hydrogens is 519 g/mol. The molecule has 4 rings (SSSR count). The number of fused-ring (bicyclic) bond motifs is 1. The molecule has 0 radical (unpaired) electrons. The lowest BCUT2D eigenvalue weighted by Crippen LogP contribution is -2.60. The van der Waals surface area contributed by atoms with Crippen LogP contribution in [0.4, 0.5) is 8.78 Å². The van der Waals surface area contributed by atoms with E-state index in [0.717, 1.165) is 12.1 Å². The highest BCUT2D eigenvalue weighted by molar-refractivity contribution is 6.58. The zero-order valence-electron chi connectivity index (χ0n) is 23.0. The molecule has 4 amide bonds. The third kappa shape index (κ3) is 4.64. The molecule has 1 atom stereocenters. The summed E-state index contributed by atoms with van der Waals surface area (Å²) in [5.74, 6) is -6.50. The minimum absolute atomic E-state index is 0.121. The summed E-state index contributed by atoms with van der Waals surface area (Å²) in [4.78, 5) is 52.7. The second kappa shape index (κ2) is 9.64. The van der Waals surface area contributed by atoms with E-state index in [0.29, 0.717) is 33.1 Å². The number of hydrogen-bond acceptors (Lipinski definition) is 4. The molecule has 2 aromatic rings. The van der Waals surface area contributed by atoms with Crippen molar-refractivity contribution in [3.63, 3.8) is 0 Å². The van der Waals surface area contributed by atoms with E-state index < -0.39 is 40.0 Å². The Morgan fingerprint density at radius 2 is 1.64 bits per heavy atom. The molecule has 2 aromatic carbocycles. The lowest BCUT2D eigenvalue weighted by atomic mass is 9.48. The first-order chi connectivity index (χ1) is 17.9. The van der Waals surface area contributed by atoms with E-state index in [1.165, 1.54) is 17.0 Å². The SMILES string of the molecule is Bc1c(B)c(C(B)(B)NC(=O)C(F)(F)c2ccc(Cl)cc2)c(B)c2c1C(=O)N(C1CCC(=O)NC1=O)C2(B)B. The molecule has 0 aromatic heterocycles. The molecule has 1 unspecified atom stereocenters. The molecule has 17 heteroatoms. The Bertz CT molecular complexity index is 1440. The molecule has 0 bridgehead atoms. The first kappa shape index (κ1) is 29.1. The number of carbonyl (C=O) groups excluding carboxylic acids is 4. The minimum atomic E-state index is -3.81. The number of amides is 4. The van der Waals surface area contributed by atoms with Crippen LogP contribution in [-0.2, 0) is 31.0 Å². The summed E-state index contributed by atoms with van der Waals surface area (Å²) < 4.78 is 30.3. The van der Waals surface area contributed by atoms with Crippen LogP contribution in [0.1, 0.15) is 39.9 Å². The van der Waals surface area contributed by atoms with Crippen LogP contribution in [0.3, 0.4) is 0 Å². The Balaban J connectivity index is 1.77. The number of alkyl halides is 2. The average Bonchev–Trinajstić information content (AvgIpc) is 3.03. The van der Waals surface area contributed by atoms with Gasteiger partial charge in [-0.3, -0.25) is 24.5 Å². The van der Waals surface area contributed by atoms with Crippen LogP contribution in [-0.4, -0.2) is 89.5 Å². The fourth-order valence-electron chi connectivity index (χ4n) is 6.30.